The lowest BCUT2D eigenvalue weighted by molar-refractivity contribution is -0.114. The van der Waals surface area contributed by atoms with Crippen LogP contribution in [0.4, 0.5) is 5.82 Å². The largest absolute Gasteiger partial charge is 0.374 e. The molecule has 0 fully saturated rings. The Morgan fingerprint density at radius 3 is 2.69 bits per heavy atom. The number of rotatable bonds is 9. The van der Waals surface area contributed by atoms with E-state index in [1.165, 1.54) is 6.92 Å². The molecule has 29 heavy (non-hydrogen) atoms. The number of ether oxygens (including phenoxy) is 1. The second kappa shape index (κ2) is 9.11. The molecule has 0 saturated heterocycles. The minimum absolute atomic E-state index is 0.132. The number of amides is 1. The molecule has 0 radical (unpaired) electrons. The van der Waals surface area contributed by atoms with Gasteiger partial charge in [-0.3, -0.25) is 9.52 Å². The average Bonchev–Trinajstić information content (AvgIpc) is 3.05. The number of benzene rings is 1. The Kier molecular flexibility index (Phi) is 6.77. The fourth-order valence-electron chi connectivity index (χ4n) is 3.42. The van der Waals surface area contributed by atoms with E-state index in [0.29, 0.717) is 24.5 Å². The van der Waals surface area contributed by atoms with Crippen molar-refractivity contribution >= 4 is 45.6 Å². The first kappa shape index (κ1) is 21.5. The molecule has 2 aromatic heterocycles. The molecule has 1 atom stereocenters. The van der Waals surface area contributed by atoms with Crippen LogP contribution in [-0.2, 0) is 22.7 Å². The van der Waals surface area contributed by atoms with Crippen LogP contribution < -0.4 is 10.0 Å². The molecule has 0 saturated carbocycles. The first-order chi connectivity index (χ1) is 13.9. The van der Waals surface area contributed by atoms with Gasteiger partial charge < -0.3 is 14.6 Å². The highest BCUT2D eigenvalue weighted by Crippen LogP contribution is 2.32. The van der Waals surface area contributed by atoms with Crippen molar-refractivity contribution in [2.75, 3.05) is 18.2 Å². The predicted molar refractivity (Wildman–Crippen MR) is 120 cm³/mol. The lowest BCUT2D eigenvalue weighted by Gasteiger charge is -2.30. The summed E-state index contributed by atoms with van der Waals surface area (Å²) >= 11 is 1.61. The molecule has 0 aliphatic rings. The fraction of sp³-hybridized carbons (Fsp3) is 0.476. The molecule has 1 aromatic carbocycles. The molecule has 3 aromatic rings. The number of carbonyl (C=O) groups is 1. The number of nitrogens with one attached hydrogen (secondary N) is 2. The maximum Gasteiger partial charge on any atom is 0.222 e. The van der Waals surface area contributed by atoms with Crippen LogP contribution in [-0.4, -0.2) is 38.8 Å². The summed E-state index contributed by atoms with van der Waals surface area (Å²) in [6.45, 7) is 9.56. The molecule has 0 aliphatic carbocycles. The van der Waals surface area contributed by atoms with Crippen molar-refractivity contribution in [3.63, 3.8) is 0 Å². The summed E-state index contributed by atoms with van der Waals surface area (Å²) in [4.78, 5) is 21.3. The van der Waals surface area contributed by atoms with Gasteiger partial charge in [0.1, 0.15) is 17.9 Å². The Morgan fingerprint density at radius 1 is 1.28 bits per heavy atom. The molecule has 3 rings (SSSR count). The van der Waals surface area contributed by atoms with Gasteiger partial charge in [-0.2, -0.15) is 0 Å². The normalized spacial score (nSPS) is 13.7. The zero-order valence-corrected chi connectivity index (χ0v) is 18.5. The third-order valence-corrected chi connectivity index (χ3v) is 5.72. The molecule has 7 nitrogen and oxygen atoms in total. The molecule has 2 N–H and O–H groups in total. The van der Waals surface area contributed by atoms with Crippen LogP contribution in [0.2, 0.25) is 0 Å². The molecular formula is C21H29N5O2S. The predicted octanol–water partition coefficient (Wildman–Crippen LogP) is 4.12. The number of nitrogens with zero attached hydrogens (tertiary/aromatic N) is 3. The summed E-state index contributed by atoms with van der Waals surface area (Å²) in [5, 5.41) is 3.86. The van der Waals surface area contributed by atoms with E-state index < -0.39 is 0 Å². The number of fused-ring (bicyclic) bond motifs is 3. The van der Waals surface area contributed by atoms with Crippen LogP contribution in [0.1, 0.15) is 39.9 Å². The highest BCUT2D eigenvalue weighted by Gasteiger charge is 2.27. The van der Waals surface area contributed by atoms with Crippen LogP contribution in [0, 0.1) is 0 Å². The Labute approximate surface area is 175 Å². The van der Waals surface area contributed by atoms with Crippen molar-refractivity contribution in [3.8, 4) is 0 Å². The van der Waals surface area contributed by atoms with E-state index in [1.54, 1.807) is 11.9 Å². The van der Waals surface area contributed by atoms with E-state index in [0.717, 1.165) is 35.2 Å². The molecular weight excluding hydrogens is 386 g/mol. The quantitative estimate of drug-likeness (QED) is 0.512. The second-order valence-electron chi connectivity index (χ2n) is 7.33. The Morgan fingerprint density at radius 2 is 2.03 bits per heavy atom. The van der Waals surface area contributed by atoms with Crippen LogP contribution in [0.25, 0.3) is 21.9 Å². The summed E-state index contributed by atoms with van der Waals surface area (Å²) < 4.78 is 11.5. The number of aromatic nitrogens is 3. The van der Waals surface area contributed by atoms with Gasteiger partial charge in [0.2, 0.25) is 5.91 Å². The Hall–Kier alpha value is -2.16. The number of imidazole rings is 1. The molecule has 0 aliphatic heterocycles. The van der Waals surface area contributed by atoms with Crippen molar-refractivity contribution in [2.45, 2.75) is 52.8 Å². The van der Waals surface area contributed by atoms with E-state index in [9.17, 15) is 4.79 Å². The summed E-state index contributed by atoms with van der Waals surface area (Å²) in [7, 11) is 0. The van der Waals surface area contributed by atoms with Crippen molar-refractivity contribution < 1.29 is 9.53 Å². The second-order valence-corrected chi connectivity index (χ2v) is 7.94. The van der Waals surface area contributed by atoms with Gasteiger partial charge in [-0.25, -0.2) is 9.97 Å². The summed E-state index contributed by atoms with van der Waals surface area (Å²) in [6, 6.07) is 7.96. The van der Waals surface area contributed by atoms with Crippen molar-refractivity contribution in [2.24, 2.45) is 0 Å². The maximum atomic E-state index is 11.8. The Bertz CT molecular complexity index is 1020. The van der Waals surface area contributed by atoms with Crippen LogP contribution in [0.5, 0.6) is 0 Å². The van der Waals surface area contributed by atoms with Gasteiger partial charge in [0.15, 0.2) is 5.82 Å². The number of pyridine rings is 1. The third-order valence-electron chi connectivity index (χ3n) is 5.03. The summed E-state index contributed by atoms with van der Waals surface area (Å²) in [6.07, 6.45) is 2.98. The lowest BCUT2D eigenvalue weighted by atomic mass is 10.0. The van der Waals surface area contributed by atoms with Gasteiger partial charge >= 0.3 is 0 Å². The van der Waals surface area contributed by atoms with E-state index in [2.05, 4.69) is 39.5 Å². The first-order valence-corrected chi connectivity index (χ1v) is 11.1. The zero-order chi connectivity index (χ0) is 21.0. The third kappa shape index (κ3) is 4.55. The van der Waals surface area contributed by atoms with Crippen LogP contribution >= 0.6 is 11.9 Å². The van der Waals surface area contributed by atoms with Crippen molar-refractivity contribution in [1.82, 2.24) is 19.3 Å². The topological polar surface area (TPSA) is 81.1 Å². The Balaban J connectivity index is 2.30. The van der Waals surface area contributed by atoms with Crippen molar-refractivity contribution in [1.29, 1.82) is 0 Å². The lowest BCUT2D eigenvalue weighted by Crippen LogP contribution is -2.42. The minimum atomic E-state index is -0.169. The van der Waals surface area contributed by atoms with E-state index in [1.807, 2.05) is 31.4 Å². The molecule has 2 heterocycles. The first-order valence-electron chi connectivity index (χ1n) is 9.85. The van der Waals surface area contributed by atoms with Crippen molar-refractivity contribution in [3.05, 3.63) is 30.1 Å². The van der Waals surface area contributed by atoms with E-state index in [4.69, 9.17) is 9.72 Å². The number of carbonyl (C=O) groups excluding carboxylic acids is 1. The highest BCUT2D eigenvalue weighted by atomic mass is 32.2. The van der Waals surface area contributed by atoms with Crippen LogP contribution in [0.15, 0.2) is 24.3 Å². The number of para-hydroxylation sites is 1. The minimum Gasteiger partial charge on any atom is -0.374 e. The van der Waals surface area contributed by atoms with Gasteiger partial charge in [0.25, 0.3) is 0 Å². The smallest absolute Gasteiger partial charge is 0.222 e. The van der Waals surface area contributed by atoms with E-state index >= 15 is 0 Å². The molecule has 8 heteroatoms. The van der Waals surface area contributed by atoms with Gasteiger partial charge in [0, 0.05) is 31.0 Å². The zero-order valence-electron chi connectivity index (χ0n) is 17.7. The standard InChI is InChI=1S/C21H29N5O2S/c1-6-21(4,25-29-5)13-26-17(12-28-7-2)24-18-19(26)15-10-8-9-11-16(15)23-20(18)22-14(3)27/h8-11,25H,6-7,12-13H2,1-5H3,(H,22,23,27). The molecule has 1 amide bonds. The molecule has 0 spiro atoms. The average molecular weight is 416 g/mol. The monoisotopic (exact) mass is 415 g/mol. The van der Waals surface area contributed by atoms with Crippen LogP contribution in [0.3, 0.4) is 0 Å². The summed E-state index contributed by atoms with van der Waals surface area (Å²) in [5.41, 5.74) is 2.35. The van der Waals surface area contributed by atoms with Gasteiger partial charge in [-0.15, -0.1) is 0 Å². The SMILES string of the molecule is CCOCc1nc2c(NC(C)=O)nc3ccccc3c2n1CC(C)(CC)NSC. The highest BCUT2D eigenvalue weighted by molar-refractivity contribution is 7.96. The maximum absolute atomic E-state index is 11.8. The van der Waals surface area contributed by atoms with E-state index in [-0.39, 0.29) is 11.4 Å². The van der Waals surface area contributed by atoms with Gasteiger partial charge in [0.05, 0.1) is 11.0 Å². The fourth-order valence-corrected chi connectivity index (χ4v) is 4.12. The molecule has 1 unspecified atom stereocenters. The van der Waals surface area contributed by atoms with Gasteiger partial charge in [-0.05, 0) is 32.6 Å². The number of hydrogen-bond acceptors (Lipinski definition) is 6. The summed E-state index contributed by atoms with van der Waals surface area (Å²) in [5.74, 6) is 1.14. The molecule has 0 bridgehead atoms. The van der Waals surface area contributed by atoms with Gasteiger partial charge in [-0.1, -0.05) is 37.1 Å². The number of hydrogen-bond donors (Lipinski definition) is 2. The molecule has 156 valence electrons. The number of anilines is 1.